The summed E-state index contributed by atoms with van der Waals surface area (Å²) in [6.45, 7) is 3.75. The molecule has 3 nitrogen and oxygen atoms in total. The fourth-order valence-corrected chi connectivity index (χ4v) is 6.01. The molecular weight excluding hydrogens is 363 g/mol. The van der Waals surface area contributed by atoms with Gasteiger partial charge in [0.15, 0.2) is 0 Å². The minimum Gasteiger partial charge on any atom is -0.296 e. The van der Waals surface area contributed by atoms with Crippen molar-refractivity contribution in [1.82, 2.24) is 5.09 Å². The van der Waals surface area contributed by atoms with E-state index in [2.05, 4.69) is 11.2 Å². The zero-order chi connectivity index (χ0) is 20.0. The third-order valence-corrected chi connectivity index (χ3v) is 7.73. The standard InChI is InChI=1S/C24H23N2OP/c1-3-20(19-25)24(2,21-13-7-4-8-14-21)26-28(27,22-15-9-5-10-16-22)23-17-11-6-12-18-23/h3-18H,1-2H3,(H,26,27)/b20-3-/t24-/m1/s1. The van der Waals surface area contributed by atoms with E-state index in [4.69, 9.17) is 0 Å². The molecule has 0 saturated heterocycles. The van der Waals surface area contributed by atoms with Gasteiger partial charge in [0.25, 0.3) is 0 Å². The van der Waals surface area contributed by atoms with Crippen molar-refractivity contribution in [2.75, 3.05) is 0 Å². The normalized spacial score (nSPS) is 14.1. The topological polar surface area (TPSA) is 52.9 Å². The highest BCUT2D eigenvalue weighted by molar-refractivity contribution is 7.77. The van der Waals surface area contributed by atoms with Crippen molar-refractivity contribution < 1.29 is 4.57 Å². The van der Waals surface area contributed by atoms with Gasteiger partial charge < -0.3 is 0 Å². The Morgan fingerprint density at radius 2 is 1.32 bits per heavy atom. The van der Waals surface area contributed by atoms with E-state index in [1.165, 1.54) is 0 Å². The van der Waals surface area contributed by atoms with Crippen molar-refractivity contribution in [3.63, 3.8) is 0 Å². The van der Waals surface area contributed by atoms with Crippen molar-refractivity contribution in [3.05, 3.63) is 108 Å². The van der Waals surface area contributed by atoms with E-state index in [9.17, 15) is 9.83 Å². The van der Waals surface area contributed by atoms with Crippen molar-refractivity contribution in [2.24, 2.45) is 0 Å². The van der Waals surface area contributed by atoms with E-state index in [1.807, 2.05) is 105 Å². The van der Waals surface area contributed by atoms with Crippen LogP contribution in [0.5, 0.6) is 0 Å². The summed E-state index contributed by atoms with van der Waals surface area (Å²) in [6.07, 6.45) is 1.78. The highest BCUT2D eigenvalue weighted by Crippen LogP contribution is 2.45. The van der Waals surface area contributed by atoms with E-state index in [0.29, 0.717) is 16.2 Å². The monoisotopic (exact) mass is 386 g/mol. The first kappa shape index (κ1) is 19.8. The Labute approximate surface area is 166 Å². The zero-order valence-corrected chi connectivity index (χ0v) is 16.9. The highest BCUT2D eigenvalue weighted by Gasteiger charge is 2.40. The summed E-state index contributed by atoms with van der Waals surface area (Å²) in [7, 11) is -3.23. The van der Waals surface area contributed by atoms with Gasteiger partial charge in [-0.15, -0.1) is 0 Å². The molecule has 0 aromatic heterocycles. The third kappa shape index (κ3) is 3.71. The van der Waals surface area contributed by atoms with Crippen LogP contribution in [0, 0.1) is 11.3 Å². The lowest BCUT2D eigenvalue weighted by Crippen LogP contribution is -2.43. The minimum absolute atomic E-state index is 0.519. The summed E-state index contributed by atoms with van der Waals surface area (Å²) in [6, 6.07) is 30.8. The minimum atomic E-state index is -3.23. The Bertz CT molecular complexity index is 997. The predicted octanol–water partition coefficient (Wildman–Crippen LogP) is 4.89. The highest BCUT2D eigenvalue weighted by atomic mass is 31.2. The van der Waals surface area contributed by atoms with Gasteiger partial charge in [-0.25, -0.2) is 5.09 Å². The Kier molecular flexibility index (Phi) is 5.95. The molecule has 28 heavy (non-hydrogen) atoms. The molecule has 0 unspecified atom stereocenters. The average Bonchev–Trinajstić information content (AvgIpc) is 2.76. The fraction of sp³-hybridized carbons (Fsp3) is 0.125. The zero-order valence-electron chi connectivity index (χ0n) is 16.0. The predicted molar refractivity (Wildman–Crippen MR) is 116 cm³/mol. The van der Waals surface area contributed by atoms with Crippen molar-refractivity contribution >= 4 is 17.9 Å². The van der Waals surface area contributed by atoms with Crippen LogP contribution in [0.3, 0.4) is 0 Å². The van der Waals surface area contributed by atoms with Gasteiger partial charge in [0.2, 0.25) is 7.29 Å². The number of benzene rings is 3. The summed E-state index contributed by atoms with van der Waals surface area (Å²) < 4.78 is 14.5. The maximum Gasteiger partial charge on any atom is 0.205 e. The molecule has 140 valence electrons. The molecule has 3 rings (SSSR count). The summed E-state index contributed by atoms with van der Waals surface area (Å²) >= 11 is 0. The lowest BCUT2D eigenvalue weighted by molar-refractivity contribution is 0.511. The van der Waals surface area contributed by atoms with Crippen molar-refractivity contribution in [3.8, 4) is 6.07 Å². The number of hydrogen-bond acceptors (Lipinski definition) is 2. The summed E-state index contributed by atoms with van der Waals surface area (Å²) in [5.74, 6) is 0. The Morgan fingerprint density at radius 3 is 1.71 bits per heavy atom. The average molecular weight is 386 g/mol. The molecule has 4 heteroatoms. The van der Waals surface area contributed by atoms with Crippen molar-refractivity contribution in [1.29, 1.82) is 5.26 Å². The second-order valence-corrected chi connectivity index (χ2v) is 9.17. The molecule has 1 atom stereocenters. The van der Waals surface area contributed by atoms with E-state index < -0.39 is 12.8 Å². The smallest absolute Gasteiger partial charge is 0.205 e. The molecule has 0 fully saturated rings. The Morgan fingerprint density at radius 1 is 0.893 bits per heavy atom. The molecule has 3 aromatic rings. The van der Waals surface area contributed by atoms with Crippen LogP contribution >= 0.6 is 7.29 Å². The van der Waals surface area contributed by atoms with Gasteiger partial charge in [-0.1, -0.05) is 72.8 Å². The maximum absolute atomic E-state index is 14.5. The van der Waals surface area contributed by atoms with Crippen LogP contribution in [-0.2, 0) is 10.1 Å². The number of allylic oxidation sites excluding steroid dienone is 1. The quantitative estimate of drug-likeness (QED) is 0.485. The van der Waals surface area contributed by atoms with Gasteiger partial charge in [-0.2, -0.15) is 5.26 Å². The fourth-order valence-electron chi connectivity index (χ4n) is 3.39. The van der Waals surface area contributed by atoms with Gasteiger partial charge in [-0.05, 0) is 43.7 Å². The van der Waals surface area contributed by atoms with E-state index in [0.717, 1.165) is 5.56 Å². The second kappa shape index (κ2) is 8.40. The summed E-state index contributed by atoms with van der Waals surface area (Å²) in [5.41, 5.74) is 0.494. The van der Waals surface area contributed by atoms with Gasteiger partial charge in [0.05, 0.1) is 11.6 Å². The van der Waals surface area contributed by atoms with Gasteiger partial charge >= 0.3 is 0 Å². The lowest BCUT2D eigenvalue weighted by Gasteiger charge is -2.36. The first-order valence-electron chi connectivity index (χ1n) is 9.18. The summed E-state index contributed by atoms with van der Waals surface area (Å²) in [5, 5.41) is 14.6. The Balaban J connectivity index is 2.23. The van der Waals surface area contributed by atoms with Crippen LogP contribution in [0.4, 0.5) is 0 Å². The molecule has 0 spiro atoms. The molecule has 0 radical (unpaired) electrons. The lowest BCUT2D eigenvalue weighted by atomic mass is 9.86. The first-order valence-corrected chi connectivity index (χ1v) is 10.9. The molecular formula is C24H23N2OP. The van der Waals surface area contributed by atoms with Crippen LogP contribution < -0.4 is 15.7 Å². The van der Waals surface area contributed by atoms with Crippen LogP contribution in [-0.4, -0.2) is 0 Å². The van der Waals surface area contributed by atoms with Crippen LogP contribution in [0.15, 0.2) is 103 Å². The molecule has 3 aromatic carbocycles. The molecule has 0 saturated carbocycles. The molecule has 0 aliphatic rings. The molecule has 0 aliphatic heterocycles. The Hall–Kier alpha value is -2.92. The van der Waals surface area contributed by atoms with Crippen LogP contribution in [0.25, 0.3) is 0 Å². The molecule has 0 amide bonds. The second-order valence-electron chi connectivity index (χ2n) is 6.70. The maximum atomic E-state index is 14.5. The first-order chi connectivity index (χ1) is 13.5. The van der Waals surface area contributed by atoms with Gasteiger partial charge in [-0.3, -0.25) is 4.57 Å². The largest absolute Gasteiger partial charge is 0.296 e. The molecule has 0 heterocycles. The number of nitrogens with zero attached hydrogens (tertiary/aromatic N) is 1. The third-order valence-electron chi connectivity index (χ3n) is 4.92. The van der Waals surface area contributed by atoms with Gasteiger partial charge in [0, 0.05) is 16.2 Å². The molecule has 0 aliphatic carbocycles. The summed E-state index contributed by atoms with van der Waals surface area (Å²) in [4.78, 5) is 0. The SMILES string of the molecule is C/C=C(/C#N)[C@@](C)(NP(=O)(c1ccccc1)c1ccccc1)c1ccccc1. The van der Waals surface area contributed by atoms with Gasteiger partial charge in [0.1, 0.15) is 0 Å². The van der Waals surface area contributed by atoms with Crippen LogP contribution in [0.1, 0.15) is 19.4 Å². The van der Waals surface area contributed by atoms with Crippen LogP contribution in [0.2, 0.25) is 0 Å². The van der Waals surface area contributed by atoms with Crippen molar-refractivity contribution in [2.45, 2.75) is 19.4 Å². The van der Waals surface area contributed by atoms with E-state index >= 15 is 0 Å². The number of hydrogen-bond donors (Lipinski definition) is 1. The van der Waals surface area contributed by atoms with E-state index in [-0.39, 0.29) is 0 Å². The molecule has 1 N–H and O–H groups in total. The number of nitrogens with one attached hydrogen (secondary N) is 1. The number of rotatable bonds is 6. The molecule has 0 bridgehead atoms. The van der Waals surface area contributed by atoms with E-state index in [1.54, 1.807) is 6.08 Å². The number of nitriles is 1.